The van der Waals surface area contributed by atoms with Crippen LogP contribution in [0, 0.1) is 5.92 Å². The second kappa shape index (κ2) is 7.42. The van der Waals surface area contributed by atoms with E-state index in [1.807, 2.05) is 0 Å². The van der Waals surface area contributed by atoms with Crippen molar-refractivity contribution in [2.45, 2.75) is 78.2 Å². The van der Waals surface area contributed by atoms with Gasteiger partial charge < -0.3 is 10.1 Å². The summed E-state index contributed by atoms with van der Waals surface area (Å²) in [5.41, 5.74) is 2.82. The van der Waals surface area contributed by atoms with Gasteiger partial charge in [0.2, 0.25) is 0 Å². The molecule has 1 saturated heterocycles. The second-order valence-corrected chi connectivity index (χ2v) is 7.15. The molecule has 118 valence electrons. The Morgan fingerprint density at radius 3 is 2.14 bits per heavy atom. The molecule has 21 heavy (non-hydrogen) atoms. The fourth-order valence-electron chi connectivity index (χ4n) is 3.40. The first-order valence-electron chi connectivity index (χ1n) is 8.44. The number of hydrogen-bond acceptors (Lipinski definition) is 2. The maximum Gasteiger partial charge on any atom is 0.0565 e. The number of rotatable bonds is 5. The quantitative estimate of drug-likeness (QED) is 0.862. The summed E-state index contributed by atoms with van der Waals surface area (Å²) in [6, 6.07) is 10.1. The van der Waals surface area contributed by atoms with Crippen molar-refractivity contribution in [3.05, 3.63) is 35.4 Å². The van der Waals surface area contributed by atoms with Crippen LogP contribution >= 0.6 is 0 Å². The van der Waals surface area contributed by atoms with E-state index in [-0.39, 0.29) is 0 Å². The van der Waals surface area contributed by atoms with E-state index < -0.39 is 0 Å². The molecule has 2 nitrogen and oxygen atoms in total. The highest BCUT2D eigenvalue weighted by atomic mass is 16.5. The Kier molecular flexibility index (Phi) is 5.83. The number of ether oxygens (including phenoxy) is 1. The van der Waals surface area contributed by atoms with E-state index in [2.05, 4.69) is 64.2 Å². The van der Waals surface area contributed by atoms with Crippen molar-refractivity contribution < 1.29 is 4.74 Å². The van der Waals surface area contributed by atoms with Gasteiger partial charge in [-0.2, -0.15) is 0 Å². The van der Waals surface area contributed by atoms with Gasteiger partial charge in [0.25, 0.3) is 0 Å². The molecular formula is C19H31NO. The first-order valence-corrected chi connectivity index (χ1v) is 8.44. The Morgan fingerprint density at radius 2 is 1.62 bits per heavy atom. The van der Waals surface area contributed by atoms with Crippen LogP contribution in [0.3, 0.4) is 0 Å². The maximum atomic E-state index is 5.82. The molecule has 1 fully saturated rings. The predicted molar refractivity (Wildman–Crippen MR) is 89.6 cm³/mol. The normalized spacial score (nSPS) is 27.8. The summed E-state index contributed by atoms with van der Waals surface area (Å²) in [7, 11) is 0. The molecule has 1 aromatic carbocycles. The molecule has 3 unspecified atom stereocenters. The van der Waals surface area contributed by atoms with Crippen LogP contribution in [-0.2, 0) is 11.2 Å². The molecule has 1 aliphatic rings. The van der Waals surface area contributed by atoms with Gasteiger partial charge in [-0.25, -0.2) is 0 Å². The van der Waals surface area contributed by atoms with E-state index in [1.165, 1.54) is 11.1 Å². The SMILES string of the molecule is CC(C)Cc1ccc(C(C)NC2CC(C)OC(C)C2)cc1. The minimum atomic E-state index is 0.367. The fraction of sp³-hybridized carbons (Fsp3) is 0.684. The summed E-state index contributed by atoms with van der Waals surface area (Å²) in [4.78, 5) is 0. The average Bonchev–Trinajstić information content (AvgIpc) is 2.37. The molecule has 1 heterocycles. The molecule has 1 N–H and O–H groups in total. The summed E-state index contributed by atoms with van der Waals surface area (Å²) in [6.45, 7) is 11.2. The lowest BCUT2D eigenvalue weighted by molar-refractivity contribution is -0.0433. The minimum Gasteiger partial charge on any atom is -0.375 e. The van der Waals surface area contributed by atoms with Gasteiger partial charge in [-0.05, 0) is 57.1 Å². The molecule has 1 aliphatic heterocycles. The largest absolute Gasteiger partial charge is 0.375 e. The van der Waals surface area contributed by atoms with Gasteiger partial charge in [0.05, 0.1) is 12.2 Å². The van der Waals surface area contributed by atoms with Crippen molar-refractivity contribution in [2.24, 2.45) is 5.92 Å². The Labute approximate surface area is 130 Å². The molecule has 0 saturated carbocycles. The topological polar surface area (TPSA) is 21.3 Å². The number of hydrogen-bond donors (Lipinski definition) is 1. The van der Waals surface area contributed by atoms with Gasteiger partial charge in [-0.15, -0.1) is 0 Å². The highest BCUT2D eigenvalue weighted by molar-refractivity contribution is 5.25. The molecule has 0 bridgehead atoms. The summed E-state index contributed by atoms with van der Waals surface area (Å²) in [6.07, 6.45) is 4.12. The van der Waals surface area contributed by atoms with Crippen LogP contribution in [-0.4, -0.2) is 18.2 Å². The maximum absolute atomic E-state index is 5.82. The summed E-state index contributed by atoms with van der Waals surface area (Å²) >= 11 is 0. The third kappa shape index (κ3) is 5.12. The standard InChI is InChI=1S/C19H31NO/c1-13(2)10-17-6-8-18(9-7-17)16(5)20-19-11-14(3)21-15(4)12-19/h6-9,13-16,19-20H,10-12H2,1-5H3. The van der Waals surface area contributed by atoms with Crippen LogP contribution in [0.15, 0.2) is 24.3 Å². The summed E-state index contributed by atoms with van der Waals surface area (Å²) in [5, 5.41) is 3.78. The van der Waals surface area contributed by atoms with Gasteiger partial charge in [0, 0.05) is 12.1 Å². The third-order valence-corrected chi connectivity index (χ3v) is 4.31. The van der Waals surface area contributed by atoms with Crippen LogP contribution in [0.1, 0.15) is 64.6 Å². The zero-order chi connectivity index (χ0) is 15.4. The third-order valence-electron chi connectivity index (χ3n) is 4.31. The lowest BCUT2D eigenvalue weighted by atomic mass is 9.96. The number of benzene rings is 1. The molecular weight excluding hydrogens is 258 g/mol. The Balaban J connectivity index is 1.92. The highest BCUT2D eigenvalue weighted by Crippen LogP contribution is 2.23. The summed E-state index contributed by atoms with van der Waals surface area (Å²) in [5.74, 6) is 0.719. The van der Waals surface area contributed by atoms with E-state index in [0.29, 0.717) is 24.3 Å². The lowest BCUT2D eigenvalue weighted by Gasteiger charge is -2.34. The Hall–Kier alpha value is -0.860. The van der Waals surface area contributed by atoms with Crippen LogP contribution in [0.2, 0.25) is 0 Å². The van der Waals surface area contributed by atoms with Crippen LogP contribution in [0.25, 0.3) is 0 Å². The number of nitrogens with one attached hydrogen (secondary N) is 1. The van der Waals surface area contributed by atoms with Crippen molar-refractivity contribution in [1.82, 2.24) is 5.32 Å². The van der Waals surface area contributed by atoms with Crippen LogP contribution < -0.4 is 5.32 Å². The molecule has 2 heteroatoms. The van der Waals surface area contributed by atoms with Gasteiger partial charge in [0.1, 0.15) is 0 Å². The van der Waals surface area contributed by atoms with Gasteiger partial charge in [0.15, 0.2) is 0 Å². The van der Waals surface area contributed by atoms with Crippen molar-refractivity contribution in [3.8, 4) is 0 Å². The monoisotopic (exact) mass is 289 g/mol. The van der Waals surface area contributed by atoms with Crippen molar-refractivity contribution in [1.29, 1.82) is 0 Å². The molecule has 0 spiro atoms. The highest BCUT2D eigenvalue weighted by Gasteiger charge is 2.25. The van der Waals surface area contributed by atoms with E-state index in [1.54, 1.807) is 0 Å². The van der Waals surface area contributed by atoms with Crippen molar-refractivity contribution in [2.75, 3.05) is 0 Å². The lowest BCUT2D eigenvalue weighted by Crippen LogP contribution is -2.42. The Bertz CT molecular complexity index is 416. The molecule has 2 rings (SSSR count). The molecule has 0 amide bonds. The Morgan fingerprint density at radius 1 is 1.05 bits per heavy atom. The van der Waals surface area contributed by atoms with E-state index in [9.17, 15) is 0 Å². The molecule has 0 aliphatic carbocycles. The van der Waals surface area contributed by atoms with Gasteiger partial charge in [-0.1, -0.05) is 38.1 Å². The second-order valence-electron chi connectivity index (χ2n) is 7.15. The zero-order valence-corrected chi connectivity index (χ0v) is 14.2. The van der Waals surface area contributed by atoms with E-state index in [0.717, 1.165) is 25.2 Å². The van der Waals surface area contributed by atoms with Gasteiger partial charge >= 0.3 is 0 Å². The molecule has 3 atom stereocenters. The average molecular weight is 289 g/mol. The van der Waals surface area contributed by atoms with Crippen LogP contribution in [0.5, 0.6) is 0 Å². The molecule has 1 aromatic rings. The summed E-state index contributed by atoms with van der Waals surface area (Å²) < 4.78 is 5.82. The van der Waals surface area contributed by atoms with Crippen LogP contribution in [0.4, 0.5) is 0 Å². The van der Waals surface area contributed by atoms with E-state index in [4.69, 9.17) is 4.74 Å². The first-order chi connectivity index (χ1) is 9.94. The van der Waals surface area contributed by atoms with Gasteiger partial charge in [-0.3, -0.25) is 0 Å². The smallest absolute Gasteiger partial charge is 0.0565 e. The van der Waals surface area contributed by atoms with E-state index >= 15 is 0 Å². The first kappa shape index (κ1) is 16.5. The van der Waals surface area contributed by atoms with Crippen molar-refractivity contribution >= 4 is 0 Å². The minimum absolute atomic E-state index is 0.367. The fourth-order valence-corrected chi connectivity index (χ4v) is 3.40. The van der Waals surface area contributed by atoms with Crippen molar-refractivity contribution in [3.63, 3.8) is 0 Å². The molecule has 0 aromatic heterocycles. The zero-order valence-electron chi connectivity index (χ0n) is 14.2. The predicted octanol–water partition coefficient (Wildman–Crippen LogP) is 4.49. The molecule has 0 radical (unpaired) electrons.